The highest BCUT2D eigenvalue weighted by molar-refractivity contribution is 5.79. The van der Waals surface area contributed by atoms with Gasteiger partial charge in [0.05, 0.1) is 12.1 Å². The molecule has 0 aliphatic carbocycles. The highest BCUT2D eigenvalue weighted by Gasteiger charge is 2.34. The van der Waals surface area contributed by atoms with Crippen molar-refractivity contribution in [1.29, 1.82) is 0 Å². The summed E-state index contributed by atoms with van der Waals surface area (Å²) in [5, 5.41) is 3.58. The first-order chi connectivity index (χ1) is 10.3. The third-order valence-electron chi connectivity index (χ3n) is 4.87. The van der Waals surface area contributed by atoms with Crippen molar-refractivity contribution in [3.05, 3.63) is 29.6 Å². The van der Waals surface area contributed by atoms with Gasteiger partial charge in [0.1, 0.15) is 0 Å². The van der Waals surface area contributed by atoms with E-state index in [0.29, 0.717) is 18.5 Å². The van der Waals surface area contributed by atoms with Crippen molar-refractivity contribution in [3.8, 4) is 0 Å². The van der Waals surface area contributed by atoms with Crippen molar-refractivity contribution in [2.75, 3.05) is 13.1 Å². The number of carbonyl (C=O) groups excluding carboxylic acids is 1. The number of nitrogens with zero attached hydrogens (tertiary/aromatic N) is 2. The number of aromatic nitrogens is 1. The predicted octanol–water partition coefficient (Wildman–Crippen LogP) is 2.07. The Labute approximate surface area is 126 Å². The summed E-state index contributed by atoms with van der Waals surface area (Å²) >= 11 is 0. The molecule has 4 nitrogen and oxygen atoms in total. The van der Waals surface area contributed by atoms with E-state index in [1.807, 2.05) is 19.1 Å². The molecule has 21 heavy (non-hydrogen) atoms. The summed E-state index contributed by atoms with van der Waals surface area (Å²) in [4.78, 5) is 19.2. The van der Waals surface area contributed by atoms with Gasteiger partial charge in [-0.2, -0.15) is 0 Å². The number of hydrogen-bond donors (Lipinski definition) is 1. The lowest BCUT2D eigenvalue weighted by Gasteiger charge is -2.39. The smallest absolute Gasteiger partial charge is 0.228 e. The summed E-state index contributed by atoms with van der Waals surface area (Å²) in [5.41, 5.74) is 2.03. The fourth-order valence-corrected chi connectivity index (χ4v) is 3.67. The van der Waals surface area contributed by atoms with E-state index in [9.17, 15) is 4.79 Å². The summed E-state index contributed by atoms with van der Waals surface area (Å²) in [6.45, 7) is 4.04. The van der Waals surface area contributed by atoms with Crippen LogP contribution in [0.2, 0.25) is 0 Å². The van der Waals surface area contributed by atoms with E-state index in [-0.39, 0.29) is 5.91 Å². The van der Waals surface area contributed by atoms with Crippen molar-refractivity contribution in [2.45, 2.75) is 57.5 Å². The van der Waals surface area contributed by atoms with Crippen LogP contribution in [0.25, 0.3) is 0 Å². The molecule has 2 saturated heterocycles. The van der Waals surface area contributed by atoms with Gasteiger partial charge in [-0.15, -0.1) is 0 Å². The Morgan fingerprint density at radius 3 is 3.05 bits per heavy atom. The Kier molecular flexibility index (Phi) is 4.54. The second-order valence-corrected chi connectivity index (χ2v) is 6.30. The highest BCUT2D eigenvalue weighted by Crippen LogP contribution is 2.25. The zero-order chi connectivity index (χ0) is 14.7. The normalized spacial score (nSPS) is 26.0. The number of hydrogen-bond acceptors (Lipinski definition) is 3. The van der Waals surface area contributed by atoms with Gasteiger partial charge in [-0.25, -0.2) is 0 Å². The molecule has 0 radical (unpaired) electrons. The largest absolute Gasteiger partial charge is 0.338 e. The SMILES string of the molecule is Cc1cccnc1CC(=O)N1CCCCC1C1CCCN1. The van der Waals surface area contributed by atoms with Gasteiger partial charge in [-0.1, -0.05) is 6.07 Å². The van der Waals surface area contributed by atoms with Crippen LogP contribution in [-0.4, -0.2) is 41.0 Å². The van der Waals surface area contributed by atoms with Crippen LogP contribution in [0.3, 0.4) is 0 Å². The molecule has 1 aromatic heterocycles. The van der Waals surface area contributed by atoms with Crippen LogP contribution in [-0.2, 0) is 11.2 Å². The molecule has 0 spiro atoms. The van der Waals surface area contributed by atoms with Gasteiger partial charge in [0.25, 0.3) is 0 Å². The van der Waals surface area contributed by atoms with Gasteiger partial charge in [-0.3, -0.25) is 9.78 Å². The molecule has 2 aliphatic heterocycles. The highest BCUT2D eigenvalue weighted by atomic mass is 16.2. The summed E-state index contributed by atoms with van der Waals surface area (Å²) < 4.78 is 0. The number of carbonyl (C=O) groups is 1. The van der Waals surface area contributed by atoms with Crippen LogP contribution in [0.4, 0.5) is 0 Å². The Balaban J connectivity index is 1.70. The maximum atomic E-state index is 12.7. The quantitative estimate of drug-likeness (QED) is 0.925. The molecule has 1 amide bonds. The van der Waals surface area contributed by atoms with Gasteiger partial charge in [-0.05, 0) is 57.2 Å². The lowest BCUT2D eigenvalue weighted by Crippen LogP contribution is -2.53. The summed E-state index contributed by atoms with van der Waals surface area (Å²) in [7, 11) is 0. The van der Waals surface area contributed by atoms with Gasteiger partial charge in [0.15, 0.2) is 0 Å². The summed E-state index contributed by atoms with van der Waals surface area (Å²) in [6, 6.07) is 4.84. The molecule has 0 bridgehead atoms. The van der Waals surface area contributed by atoms with Crippen molar-refractivity contribution >= 4 is 5.91 Å². The van der Waals surface area contributed by atoms with Crippen molar-refractivity contribution < 1.29 is 4.79 Å². The van der Waals surface area contributed by atoms with Gasteiger partial charge in [0.2, 0.25) is 5.91 Å². The van der Waals surface area contributed by atoms with Crippen LogP contribution in [0.15, 0.2) is 18.3 Å². The lowest BCUT2D eigenvalue weighted by molar-refractivity contribution is -0.134. The van der Waals surface area contributed by atoms with E-state index in [4.69, 9.17) is 0 Å². The fraction of sp³-hybridized carbons (Fsp3) is 0.647. The Hall–Kier alpha value is -1.42. The van der Waals surface area contributed by atoms with E-state index < -0.39 is 0 Å². The average Bonchev–Trinajstić information content (AvgIpc) is 3.04. The van der Waals surface area contributed by atoms with E-state index >= 15 is 0 Å². The standard InChI is InChI=1S/C17H25N3O/c1-13-6-4-9-19-15(13)12-17(21)20-11-3-2-8-16(20)14-7-5-10-18-14/h4,6,9,14,16,18H,2-3,5,7-8,10-12H2,1H3. The third-order valence-corrected chi connectivity index (χ3v) is 4.87. The van der Waals surface area contributed by atoms with E-state index in [1.165, 1.54) is 19.3 Å². The zero-order valence-electron chi connectivity index (χ0n) is 12.8. The molecule has 0 saturated carbocycles. The van der Waals surface area contributed by atoms with Gasteiger partial charge >= 0.3 is 0 Å². The zero-order valence-corrected chi connectivity index (χ0v) is 12.8. The Morgan fingerprint density at radius 1 is 1.38 bits per heavy atom. The van der Waals surface area contributed by atoms with Gasteiger partial charge in [0, 0.05) is 24.8 Å². The number of likely N-dealkylation sites (tertiary alicyclic amines) is 1. The second kappa shape index (κ2) is 6.56. The number of amides is 1. The monoisotopic (exact) mass is 287 g/mol. The lowest BCUT2D eigenvalue weighted by atomic mass is 9.94. The molecule has 2 atom stereocenters. The predicted molar refractivity (Wildman–Crippen MR) is 83.1 cm³/mol. The topological polar surface area (TPSA) is 45.2 Å². The van der Waals surface area contributed by atoms with E-state index in [1.54, 1.807) is 6.20 Å². The second-order valence-electron chi connectivity index (χ2n) is 6.30. The molecule has 2 unspecified atom stereocenters. The number of nitrogens with one attached hydrogen (secondary N) is 1. The minimum atomic E-state index is 0.246. The number of pyridine rings is 1. The molecule has 2 aliphatic rings. The summed E-state index contributed by atoms with van der Waals surface area (Å²) in [5.74, 6) is 0.246. The molecular formula is C17H25N3O. The molecule has 3 heterocycles. The molecule has 1 N–H and O–H groups in total. The van der Waals surface area contributed by atoms with Crippen LogP contribution >= 0.6 is 0 Å². The molecule has 3 rings (SSSR count). The van der Waals surface area contributed by atoms with Crippen LogP contribution in [0.1, 0.15) is 43.4 Å². The first kappa shape index (κ1) is 14.5. The molecule has 4 heteroatoms. The third kappa shape index (κ3) is 3.26. The van der Waals surface area contributed by atoms with Crippen LogP contribution in [0, 0.1) is 6.92 Å². The Bertz CT molecular complexity index is 497. The number of aryl methyl sites for hydroxylation is 1. The van der Waals surface area contributed by atoms with Crippen molar-refractivity contribution in [1.82, 2.24) is 15.2 Å². The first-order valence-electron chi connectivity index (χ1n) is 8.19. The minimum absolute atomic E-state index is 0.246. The van der Waals surface area contributed by atoms with E-state index in [0.717, 1.165) is 37.2 Å². The molecule has 1 aromatic rings. The van der Waals surface area contributed by atoms with Crippen molar-refractivity contribution in [3.63, 3.8) is 0 Å². The molecule has 114 valence electrons. The summed E-state index contributed by atoms with van der Waals surface area (Å²) in [6.07, 6.45) is 8.19. The first-order valence-corrected chi connectivity index (χ1v) is 8.19. The van der Waals surface area contributed by atoms with Crippen LogP contribution in [0.5, 0.6) is 0 Å². The number of rotatable bonds is 3. The maximum Gasteiger partial charge on any atom is 0.228 e. The van der Waals surface area contributed by atoms with E-state index in [2.05, 4.69) is 15.2 Å². The van der Waals surface area contributed by atoms with Gasteiger partial charge < -0.3 is 10.2 Å². The molecule has 0 aromatic carbocycles. The number of piperidine rings is 1. The Morgan fingerprint density at radius 2 is 2.29 bits per heavy atom. The van der Waals surface area contributed by atoms with Crippen molar-refractivity contribution in [2.24, 2.45) is 0 Å². The molecular weight excluding hydrogens is 262 g/mol. The molecule has 2 fully saturated rings. The maximum absolute atomic E-state index is 12.7. The van der Waals surface area contributed by atoms with Crippen LogP contribution < -0.4 is 5.32 Å². The minimum Gasteiger partial charge on any atom is -0.338 e. The fourth-order valence-electron chi connectivity index (χ4n) is 3.67. The average molecular weight is 287 g/mol.